The highest BCUT2D eigenvalue weighted by molar-refractivity contribution is 7.99. The molecule has 3 aromatic carbocycles. The van der Waals surface area contributed by atoms with Crippen LogP contribution in [0.4, 0.5) is 0 Å². The highest BCUT2D eigenvalue weighted by Crippen LogP contribution is 2.58. The van der Waals surface area contributed by atoms with Crippen LogP contribution in [0.2, 0.25) is 0 Å². The summed E-state index contributed by atoms with van der Waals surface area (Å²) in [6.07, 6.45) is 2.15. The molecule has 0 fully saturated rings. The van der Waals surface area contributed by atoms with E-state index in [1.165, 1.54) is 22.3 Å². The Labute approximate surface area is 166 Å². The van der Waals surface area contributed by atoms with Gasteiger partial charge in [-0.1, -0.05) is 93.6 Å². The third-order valence-electron chi connectivity index (χ3n) is 5.44. The summed E-state index contributed by atoms with van der Waals surface area (Å²) in [6.45, 7) is 6.79. The number of rotatable bonds is 3. The van der Waals surface area contributed by atoms with E-state index >= 15 is 0 Å². The zero-order valence-electron chi connectivity index (χ0n) is 16.4. The molecule has 27 heavy (non-hydrogen) atoms. The molecule has 0 amide bonds. The first-order valence-corrected chi connectivity index (χ1v) is 10.7. The Hall–Kier alpha value is -2.19. The topological polar surface area (TPSA) is 9.23 Å². The SMILES string of the molecule is CS[C@]1(c2ccccc2)Oc2ccc(C(C)(C)C)cc2[C@@H]1c1ccccc1. The van der Waals surface area contributed by atoms with Gasteiger partial charge in [0.25, 0.3) is 0 Å². The third-order valence-corrected chi connectivity index (χ3v) is 6.60. The largest absolute Gasteiger partial charge is 0.471 e. The van der Waals surface area contributed by atoms with Gasteiger partial charge in [0.05, 0.1) is 5.92 Å². The highest BCUT2D eigenvalue weighted by atomic mass is 32.2. The van der Waals surface area contributed by atoms with Crippen LogP contribution in [0.15, 0.2) is 78.9 Å². The summed E-state index contributed by atoms with van der Waals surface area (Å²) in [5, 5.41) is 0. The molecule has 1 aliphatic rings. The number of thioether (sulfide) groups is 1. The van der Waals surface area contributed by atoms with Gasteiger partial charge in [-0.25, -0.2) is 0 Å². The summed E-state index contributed by atoms with van der Waals surface area (Å²) < 4.78 is 6.73. The van der Waals surface area contributed by atoms with Gasteiger partial charge in [0, 0.05) is 11.1 Å². The number of ether oxygens (including phenoxy) is 1. The molecule has 0 N–H and O–H groups in total. The number of hydrogen-bond donors (Lipinski definition) is 0. The Kier molecular flexibility index (Phi) is 4.55. The van der Waals surface area contributed by atoms with E-state index in [9.17, 15) is 0 Å². The van der Waals surface area contributed by atoms with Gasteiger partial charge in [-0.15, -0.1) is 11.8 Å². The van der Waals surface area contributed by atoms with E-state index in [1.54, 1.807) is 11.8 Å². The quantitative estimate of drug-likeness (QED) is 0.503. The minimum absolute atomic E-state index is 0.105. The minimum atomic E-state index is -0.457. The first-order valence-electron chi connectivity index (χ1n) is 9.45. The van der Waals surface area contributed by atoms with Crippen LogP contribution in [-0.2, 0) is 10.3 Å². The Bertz CT molecular complexity index is 928. The summed E-state index contributed by atoms with van der Waals surface area (Å²) >= 11 is 1.78. The maximum Gasteiger partial charge on any atom is 0.190 e. The lowest BCUT2D eigenvalue weighted by Crippen LogP contribution is -2.32. The molecular weight excluding hydrogens is 348 g/mol. The molecule has 0 aliphatic carbocycles. The molecule has 0 saturated heterocycles. The number of fused-ring (bicyclic) bond motifs is 1. The van der Waals surface area contributed by atoms with Gasteiger partial charge in [-0.3, -0.25) is 0 Å². The first kappa shape index (κ1) is 18.2. The van der Waals surface area contributed by atoms with Crippen molar-refractivity contribution in [2.45, 2.75) is 37.0 Å². The van der Waals surface area contributed by atoms with E-state index in [0.717, 1.165) is 5.75 Å². The second-order valence-corrected chi connectivity index (χ2v) is 9.20. The smallest absolute Gasteiger partial charge is 0.190 e. The standard InChI is InChI=1S/C25H26OS/c1-24(2,3)20-15-16-22-21(17-20)23(18-11-7-5-8-12-18)25(26-22,27-4)19-13-9-6-10-14-19/h5-17,23H,1-4H3/t23-,25-/m0/s1. The molecule has 1 nitrogen and oxygen atoms in total. The predicted octanol–water partition coefficient (Wildman–Crippen LogP) is 6.72. The molecule has 3 aromatic rings. The predicted molar refractivity (Wildman–Crippen MR) is 116 cm³/mol. The maximum atomic E-state index is 6.73. The molecular formula is C25H26OS. The number of hydrogen-bond acceptors (Lipinski definition) is 2. The van der Waals surface area contributed by atoms with Crippen molar-refractivity contribution in [3.05, 3.63) is 101 Å². The van der Waals surface area contributed by atoms with Gasteiger partial charge in [-0.05, 0) is 28.9 Å². The highest BCUT2D eigenvalue weighted by Gasteiger charge is 2.50. The summed E-state index contributed by atoms with van der Waals surface area (Å²) in [4.78, 5) is -0.457. The van der Waals surface area contributed by atoms with E-state index in [1.807, 2.05) is 0 Å². The van der Waals surface area contributed by atoms with Gasteiger partial charge >= 0.3 is 0 Å². The van der Waals surface area contributed by atoms with Gasteiger partial charge in [0.2, 0.25) is 0 Å². The average molecular weight is 375 g/mol. The summed E-state index contributed by atoms with van der Waals surface area (Å²) in [5.41, 5.74) is 5.23. The van der Waals surface area contributed by atoms with Crippen molar-refractivity contribution in [2.24, 2.45) is 0 Å². The second kappa shape index (κ2) is 6.76. The third kappa shape index (κ3) is 3.06. The molecule has 2 heteroatoms. The Morgan fingerprint density at radius 2 is 1.48 bits per heavy atom. The van der Waals surface area contributed by atoms with Crippen LogP contribution in [0.5, 0.6) is 5.75 Å². The summed E-state index contributed by atoms with van der Waals surface area (Å²) in [7, 11) is 0. The molecule has 138 valence electrons. The molecule has 0 aromatic heterocycles. The van der Waals surface area contributed by atoms with E-state index in [0.29, 0.717) is 0 Å². The van der Waals surface area contributed by atoms with Crippen LogP contribution < -0.4 is 4.74 Å². The molecule has 0 bridgehead atoms. The Morgan fingerprint density at radius 3 is 2.07 bits per heavy atom. The van der Waals surface area contributed by atoms with Crippen molar-refractivity contribution in [3.63, 3.8) is 0 Å². The molecule has 1 aliphatic heterocycles. The minimum Gasteiger partial charge on any atom is -0.471 e. The fraction of sp³-hybridized carbons (Fsp3) is 0.280. The molecule has 4 rings (SSSR count). The van der Waals surface area contributed by atoms with Gasteiger partial charge in [-0.2, -0.15) is 0 Å². The van der Waals surface area contributed by atoms with Crippen LogP contribution in [0, 0.1) is 0 Å². The second-order valence-electron chi connectivity index (χ2n) is 8.19. The van der Waals surface area contributed by atoms with E-state index < -0.39 is 4.93 Å². The molecule has 0 radical (unpaired) electrons. The number of benzene rings is 3. The van der Waals surface area contributed by atoms with Gasteiger partial charge in [0.1, 0.15) is 5.75 Å². The van der Waals surface area contributed by atoms with E-state index in [-0.39, 0.29) is 11.3 Å². The van der Waals surface area contributed by atoms with Gasteiger partial charge in [0.15, 0.2) is 4.93 Å². The van der Waals surface area contributed by atoms with Crippen molar-refractivity contribution >= 4 is 11.8 Å². The van der Waals surface area contributed by atoms with Crippen molar-refractivity contribution in [1.29, 1.82) is 0 Å². The fourth-order valence-corrected chi connectivity index (χ4v) is 5.02. The first-order chi connectivity index (χ1) is 13.0. The zero-order valence-corrected chi connectivity index (χ0v) is 17.2. The summed E-state index contributed by atoms with van der Waals surface area (Å²) in [6, 6.07) is 28.1. The molecule has 0 saturated carbocycles. The van der Waals surface area contributed by atoms with Crippen LogP contribution in [-0.4, -0.2) is 6.26 Å². The fourth-order valence-electron chi connectivity index (χ4n) is 3.98. The normalized spacial score (nSPS) is 21.6. The van der Waals surface area contributed by atoms with Crippen LogP contribution >= 0.6 is 11.8 Å². The van der Waals surface area contributed by atoms with Gasteiger partial charge < -0.3 is 4.74 Å². The van der Waals surface area contributed by atoms with Crippen LogP contribution in [0.3, 0.4) is 0 Å². The van der Waals surface area contributed by atoms with Crippen molar-refractivity contribution in [1.82, 2.24) is 0 Å². The van der Waals surface area contributed by atoms with Crippen LogP contribution in [0.1, 0.15) is 48.9 Å². The lowest BCUT2D eigenvalue weighted by molar-refractivity contribution is 0.182. The molecule has 0 spiro atoms. The maximum absolute atomic E-state index is 6.73. The zero-order chi connectivity index (χ0) is 19.1. The van der Waals surface area contributed by atoms with Crippen molar-refractivity contribution < 1.29 is 4.74 Å². The van der Waals surface area contributed by atoms with Crippen molar-refractivity contribution in [3.8, 4) is 5.75 Å². The Balaban J connectivity index is 1.96. The average Bonchev–Trinajstić information content (AvgIpc) is 3.03. The van der Waals surface area contributed by atoms with E-state index in [4.69, 9.17) is 4.74 Å². The van der Waals surface area contributed by atoms with Crippen LogP contribution in [0.25, 0.3) is 0 Å². The lowest BCUT2D eigenvalue weighted by Gasteiger charge is -2.34. The molecule has 2 atom stereocenters. The lowest BCUT2D eigenvalue weighted by atomic mass is 9.80. The summed E-state index contributed by atoms with van der Waals surface area (Å²) in [5.74, 6) is 1.14. The monoisotopic (exact) mass is 374 g/mol. The molecule has 0 unspecified atom stereocenters. The van der Waals surface area contributed by atoms with E-state index in [2.05, 4.69) is 106 Å². The van der Waals surface area contributed by atoms with Crippen molar-refractivity contribution in [2.75, 3.05) is 6.26 Å². The Morgan fingerprint density at radius 1 is 0.852 bits per heavy atom. The molecule has 1 heterocycles.